The summed E-state index contributed by atoms with van der Waals surface area (Å²) in [7, 11) is 5.98. The van der Waals surface area contributed by atoms with Crippen molar-refractivity contribution >= 4 is 36.4 Å². The third-order valence-electron chi connectivity index (χ3n) is 3.79. The Bertz CT molecular complexity index is 265. The fourth-order valence-electron chi connectivity index (χ4n) is 2.49. The molecule has 0 unspecified atom stereocenters. The number of carbonyl (C=O) groups is 1. The molecule has 0 spiro atoms. The number of aliphatic hydroxyl groups is 1. The van der Waals surface area contributed by atoms with Crippen LogP contribution in [0.15, 0.2) is 0 Å². The van der Waals surface area contributed by atoms with Gasteiger partial charge in [-0.1, -0.05) is 25.7 Å². The van der Waals surface area contributed by atoms with Gasteiger partial charge in [0.1, 0.15) is 3.61 Å². The third kappa shape index (κ3) is 5.47. The quantitative estimate of drug-likeness (QED) is 0.426. The second-order valence-electron chi connectivity index (χ2n) is 5.50. The van der Waals surface area contributed by atoms with Crippen LogP contribution >= 0.6 is 22.6 Å². The van der Waals surface area contributed by atoms with Gasteiger partial charge in [0.15, 0.2) is 0 Å². The molecule has 1 aliphatic rings. The molecule has 1 aliphatic carbocycles. The lowest BCUT2D eigenvalue weighted by atomic mass is 9.62. The lowest BCUT2D eigenvalue weighted by Gasteiger charge is -2.27. The molecule has 0 aromatic carbocycles. The Hall–Kier alpha value is 0.225. The normalized spacial score (nSPS) is 36.3. The van der Waals surface area contributed by atoms with Crippen molar-refractivity contribution in [3.8, 4) is 0 Å². The van der Waals surface area contributed by atoms with Crippen molar-refractivity contribution in [2.45, 2.75) is 73.1 Å². The molecule has 0 atom stereocenters. The summed E-state index contributed by atoms with van der Waals surface area (Å²) < 4.78 is -0.580. The van der Waals surface area contributed by atoms with Crippen LogP contribution in [-0.4, -0.2) is 27.6 Å². The van der Waals surface area contributed by atoms with Crippen molar-refractivity contribution in [3.05, 3.63) is 0 Å². The van der Waals surface area contributed by atoms with Gasteiger partial charge < -0.3 is 10.2 Å². The third-order valence-corrected chi connectivity index (χ3v) is 4.87. The van der Waals surface area contributed by atoms with E-state index in [0.717, 1.165) is 51.4 Å². The molecule has 1 rings (SSSR count). The Morgan fingerprint density at radius 3 is 1.72 bits per heavy atom. The smallest absolute Gasteiger partial charge is 0.300 e. The van der Waals surface area contributed by atoms with Gasteiger partial charge in [-0.2, -0.15) is 0 Å². The highest BCUT2D eigenvalue weighted by atomic mass is 127. The van der Waals surface area contributed by atoms with Gasteiger partial charge in [0.2, 0.25) is 0 Å². The minimum absolute atomic E-state index is 0.544. The first-order valence-corrected chi connectivity index (χ1v) is 7.87. The average Bonchev–Trinajstić information content (AvgIpc) is 2.26. The summed E-state index contributed by atoms with van der Waals surface area (Å²) >= 11 is 2.14. The second-order valence-corrected chi connectivity index (χ2v) is 7.51. The molecule has 3 nitrogen and oxygen atoms in total. The lowest BCUT2D eigenvalue weighted by Crippen LogP contribution is -2.25. The summed E-state index contributed by atoms with van der Waals surface area (Å²) in [5.41, 5.74) is 0. The average molecular weight is 364 g/mol. The first-order chi connectivity index (χ1) is 8.36. The van der Waals surface area contributed by atoms with E-state index >= 15 is 0 Å². The van der Waals surface area contributed by atoms with Crippen LogP contribution in [0.4, 0.5) is 0 Å². The van der Waals surface area contributed by atoms with E-state index in [4.69, 9.17) is 7.85 Å². The standard InChI is InChI=1S/C13H22BIO3/c14-12(11(16)17)7-3-1-5-9-13(15,18)10-6-2-4-8-12/h18H,1-10H2,(H,16,17). The highest BCUT2D eigenvalue weighted by Gasteiger charge is 2.31. The molecule has 0 amide bonds. The zero-order valence-corrected chi connectivity index (χ0v) is 13.0. The Kier molecular flexibility index (Phi) is 6.45. The molecule has 0 bridgehead atoms. The highest BCUT2D eigenvalue weighted by molar-refractivity contribution is 14.1. The van der Waals surface area contributed by atoms with Gasteiger partial charge in [-0.15, -0.1) is 0 Å². The first kappa shape index (κ1) is 16.3. The van der Waals surface area contributed by atoms with Crippen molar-refractivity contribution in [2.24, 2.45) is 0 Å². The van der Waals surface area contributed by atoms with Gasteiger partial charge in [0.25, 0.3) is 0 Å². The van der Waals surface area contributed by atoms with Gasteiger partial charge >= 0.3 is 5.97 Å². The van der Waals surface area contributed by atoms with E-state index < -0.39 is 14.9 Å². The summed E-state index contributed by atoms with van der Waals surface area (Å²) in [5.74, 6) is -0.870. The monoisotopic (exact) mass is 364 g/mol. The zero-order valence-electron chi connectivity index (χ0n) is 10.8. The van der Waals surface area contributed by atoms with Crippen LogP contribution in [0, 0.1) is 0 Å². The summed E-state index contributed by atoms with van der Waals surface area (Å²) in [6, 6.07) is 0. The number of hydrogen-bond donors (Lipinski definition) is 2. The molecular formula is C13H22BIO3. The van der Waals surface area contributed by atoms with E-state index in [-0.39, 0.29) is 0 Å². The maximum atomic E-state index is 11.2. The number of hydrogen-bond acceptors (Lipinski definition) is 2. The number of carboxylic acids is 1. The summed E-state index contributed by atoms with van der Waals surface area (Å²) in [5, 5.41) is 18.3. The van der Waals surface area contributed by atoms with Crippen LogP contribution in [0.5, 0.6) is 0 Å². The van der Waals surface area contributed by atoms with Crippen LogP contribution in [0.25, 0.3) is 0 Å². The predicted molar refractivity (Wildman–Crippen MR) is 81.2 cm³/mol. The molecule has 0 aromatic heterocycles. The molecule has 0 heterocycles. The SMILES string of the molecule is [B]C1(C(=O)O)CCCCCC(O)(I)CCCCC1. The fourth-order valence-corrected chi connectivity index (χ4v) is 3.25. The maximum absolute atomic E-state index is 11.2. The van der Waals surface area contributed by atoms with Crippen LogP contribution in [-0.2, 0) is 4.79 Å². The van der Waals surface area contributed by atoms with Crippen LogP contribution in [0.1, 0.15) is 64.2 Å². The number of alkyl halides is 1. The zero-order chi connectivity index (χ0) is 13.6. The van der Waals surface area contributed by atoms with Gasteiger partial charge in [-0.3, -0.25) is 4.79 Å². The van der Waals surface area contributed by atoms with Gasteiger partial charge in [0.05, 0.1) is 7.85 Å². The van der Waals surface area contributed by atoms with Gasteiger partial charge in [-0.05, 0) is 61.1 Å². The molecule has 1 fully saturated rings. The van der Waals surface area contributed by atoms with Crippen LogP contribution in [0.2, 0.25) is 5.31 Å². The largest absolute Gasteiger partial charge is 0.481 e. The molecule has 2 N–H and O–H groups in total. The van der Waals surface area contributed by atoms with Crippen molar-refractivity contribution in [3.63, 3.8) is 0 Å². The Morgan fingerprint density at radius 2 is 1.33 bits per heavy atom. The summed E-state index contributed by atoms with van der Waals surface area (Å²) in [6.45, 7) is 0. The van der Waals surface area contributed by atoms with Crippen molar-refractivity contribution in [1.82, 2.24) is 0 Å². The Morgan fingerprint density at radius 1 is 0.944 bits per heavy atom. The minimum atomic E-state index is -1.04. The second kappa shape index (κ2) is 7.13. The predicted octanol–water partition coefficient (Wildman–Crippen LogP) is 3.44. The van der Waals surface area contributed by atoms with E-state index in [1.165, 1.54) is 0 Å². The number of halogens is 1. The molecule has 1 saturated carbocycles. The van der Waals surface area contributed by atoms with E-state index in [9.17, 15) is 15.0 Å². The summed E-state index contributed by atoms with van der Waals surface area (Å²) in [4.78, 5) is 11.2. The summed E-state index contributed by atoms with van der Waals surface area (Å²) in [6.07, 6.45) is 8.09. The van der Waals surface area contributed by atoms with E-state index in [1.54, 1.807) is 0 Å². The minimum Gasteiger partial charge on any atom is -0.481 e. The molecule has 0 aromatic rings. The highest BCUT2D eigenvalue weighted by Crippen LogP contribution is 2.38. The van der Waals surface area contributed by atoms with Gasteiger partial charge in [-0.25, -0.2) is 0 Å². The van der Waals surface area contributed by atoms with Crippen molar-refractivity contribution in [2.75, 3.05) is 0 Å². The molecule has 18 heavy (non-hydrogen) atoms. The molecule has 5 heteroatoms. The lowest BCUT2D eigenvalue weighted by molar-refractivity contribution is -0.141. The van der Waals surface area contributed by atoms with Crippen molar-refractivity contribution in [1.29, 1.82) is 0 Å². The maximum Gasteiger partial charge on any atom is 0.300 e. The van der Waals surface area contributed by atoms with E-state index in [2.05, 4.69) is 22.6 Å². The molecular weight excluding hydrogens is 342 g/mol. The molecule has 0 aliphatic heterocycles. The van der Waals surface area contributed by atoms with Crippen LogP contribution < -0.4 is 0 Å². The Balaban J connectivity index is 2.54. The topological polar surface area (TPSA) is 57.5 Å². The number of rotatable bonds is 1. The fraction of sp³-hybridized carbons (Fsp3) is 0.923. The number of carboxylic acid groups (broad SMARTS) is 1. The van der Waals surface area contributed by atoms with Crippen molar-refractivity contribution < 1.29 is 15.0 Å². The van der Waals surface area contributed by atoms with Crippen LogP contribution in [0.3, 0.4) is 0 Å². The van der Waals surface area contributed by atoms with E-state index in [0.29, 0.717) is 12.8 Å². The number of aliphatic carboxylic acids is 1. The molecule has 2 radical (unpaired) electrons. The van der Waals surface area contributed by atoms with Gasteiger partial charge in [0, 0.05) is 5.31 Å². The first-order valence-electron chi connectivity index (χ1n) is 6.79. The van der Waals surface area contributed by atoms with E-state index in [1.807, 2.05) is 0 Å². The molecule has 102 valence electrons. The molecule has 0 saturated heterocycles. The Labute approximate surface area is 124 Å².